The van der Waals surface area contributed by atoms with Crippen molar-refractivity contribution >= 4 is 17.4 Å². The Kier molecular flexibility index (Phi) is 2.90. The summed E-state index contributed by atoms with van der Waals surface area (Å²) in [5, 5.41) is 7.93. The summed E-state index contributed by atoms with van der Waals surface area (Å²) in [6.07, 6.45) is 1.70. The largest absolute Gasteiger partial charge is 0.473 e. The Hall–Kier alpha value is -1.77. The van der Waals surface area contributed by atoms with Gasteiger partial charge in [0.1, 0.15) is 5.58 Å². The maximum atomic E-state index is 8.24. The summed E-state index contributed by atoms with van der Waals surface area (Å²) in [7, 11) is 0. The van der Waals surface area contributed by atoms with Crippen LogP contribution >= 0.6 is 0 Å². The van der Waals surface area contributed by atoms with Crippen LogP contribution in [0.5, 0.6) is 0 Å². The average molecular weight is 163 g/mol. The third-order valence-corrected chi connectivity index (χ3v) is 1.36. The molecule has 2 rings (SSSR count). The van der Waals surface area contributed by atoms with Gasteiger partial charge in [0.25, 0.3) is 0 Å². The molecule has 12 heavy (non-hydrogen) atoms. The van der Waals surface area contributed by atoms with Gasteiger partial charge in [0.2, 0.25) is 0 Å². The topological polar surface area (TPSA) is 50.4 Å². The third-order valence-electron chi connectivity index (χ3n) is 1.36. The Bertz CT molecular complexity index is 321. The molecule has 1 radical (unpaired) electrons. The first-order valence-electron chi connectivity index (χ1n) is 3.32. The van der Waals surface area contributed by atoms with E-state index in [1.807, 2.05) is 30.3 Å². The molecule has 0 spiro atoms. The Labute approximate surface area is 69.2 Å². The van der Waals surface area contributed by atoms with Gasteiger partial charge in [-0.25, -0.2) is 4.79 Å². The van der Waals surface area contributed by atoms with Gasteiger partial charge in [-0.05, 0) is 12.1 Å². The molecular formula is C9H7O3. The molecule has 1 aromatic heterocycles. The van der Waals surface area contributed by atoms with E-state index in [0.29, 0.717) is 6.47 Å². The fraction of sp³-hybridized carbons (Fsp3) is 0. The molecule has 0 atom stereocenters. The summed E-state index contributed by atoms with van der Waals surface area (Å²) in [4.78, 5) is 8.24. The number of rotatable bonds is 0. The van der Waals surface area contributed by atoms with E-state index in [1.165, 1.54) is 0 Å². The van der Waals surface area contributed by atoms with E-state index in [-0.39, 0.29) is 0 Å². The minimum atomic E-state index is 0.500. The van der Waals surface area contributed by atoms with Crippen molar-refractivity contribution in [1.29, 1.82) is 0 Å². The van der Waals surface area contributed by atoms with Crippen LogP contribution in [0.4, 0.5) is 0 Å². The first kappa shape index (κ1) is 8.33. The number of hydrogen-bond acceptors (Lipinski definition) is 2. The Morgan fingerprint density at radius 1 is 1.25 bits per heavy atom. The lowest BCUT2D eigenvalue weighted by atomic mass is 10.3. The van der Waals surface area contributed by atoms with Gasteiger partial charge in [-0.1, -0.05) is 18.2 Å². The van der Waals surface area contributed by atoms with Gasteiger partial charge in [0.15, 0.2) is 0 Å². The zero-order valence-electron chi connectivity index (χ0n) is 6.23. The summed E-state index contributed by atoms with van der Waals surface area (Å²) < 4.78 is 5.12. The van der Waals surface area contributed by atoms with E-state index >= 15 is 0 Å². The van der Waals surface area contributed by atoms with Crippen molar-refractivity contribution in [2.45, 2.75) is 0 Å². The lowest BCUT2D eigenvalue weighted by molar-refractivity contribution is 0.437. The van der Waals surface area contributed by atoms with E-state index in [1.54, 1.807) is 6.26 Å². The van der Waals surface area contributed by atoms with Crippen LogP contribution in [-0.2, 0) is 4.79 Å². The second-order valence-corrected chi connectivity index (χ2v) is 2.05. The van der Waals surface area contributed by atoms with Crippen molar-refractivity contribution in [3.05, 3.63) is 36.6 Å². The van der Waals surface area contributed by atoms with E-state index < -0.39 is 0 Å². The van der Waals surface area contributed by atoms with Crippen molar-refractivity contribution in [2.75, 3.05) is 0 Å². The highest BCUT2D eigenvalue weighted by Gasteiger charge is 1.89. The van der Waals surface area contributed by atoms with Gasteiger partial charge in [-0.2, -0.15) is 0 Å². The second-order valence-electron chi connectivity index (χ2n) is 2.05. The lowest BCUT2D eigenvalue weighted by Crippen LogP contribution is -1.57. The molecular weight excluding hydrogens is 156 g/mol. The van der Waals surface area contributed by atoms with Crippen LogP contribution in [-0.4, -0.2) is 11.6 Å². The molecule has 0 amide bonds. The molecule has 0 aliphatic carbocycles. The van der Waals surface area contributed by atoms with Gasteiger partial charge in [-0.15, -0.1) is 0 Å². The van der Waals surface area contributed by atoms with E-state index in [4.69, 9.17) is 14.3 Å². The van der Waals surface area contributed by atoms with Gasteiger partial charge < -0.3 is 9.52 Å². The standard InChI is InChI=1S/C8H6O.CHO2/c1-2-4-8-7(3-1)5-6-9-8;2-1-3/h1-6H;(H,2,3). The molecule has 0 saturated carbocycles. The zero-order valence-corrected chi connectivity index (χ0v) is 6.23. The molecule has 0 saturated heterocycles. The molecule has 3 heteroatoms. The van der Waals surface area contributed by atoms with Crippen molar-refractivity contribution in [2.24, 2.45) is 0 Å². The molecule has 1 N–H and O–H groups in total. The maximum absolute atomic E-state index is 8.24. The van der Waals surface area contributed by atoms with Crippen LogP contribution in [0.25, 0.3) is 11.0 Å². The zero-order chi connectivity index (χ0) is 8.81. The van der Waals surface area contributed by atoms with Crippen molar-refractivity contribution in [3.8, 4) is 0 Å². The maximum Gasteiger partial charge on any atom is 0.414 e. The monoisotopic (exact) mass is 163 g/mol. The Morgan fingerprint density at radius 3 is 2.58 bits per heavy atom. The highest BCUT2D eigenvalue weighted by atomic mass is 16.3. The van der Waals surface area contributed by atoms with E-state index in [2.05, 4.69) is 0 Å². The van der Waals surface area contributed by atoms with E-state index in [9.17, 15) is 0 Å². The fourth-order valence-electron chi connectivity index (χ4n) is 0.906. The van der Waals surface area contributed by atoms with Crippen molar-refractivity contribution in [3.63, 3.8) is 0 Å². The molecule has 0 fully saturated rings. The smallest absolute Gasteiger partial charge is 0.414 e. The van der Waals surface area contributed by atoms with E-state index in [0.717, 1.165) is 11.0 Å². The molecule has 0 unspecified atom stereocenters. The number of para-hydroxylation sites is 1. The molecule has 3 nitrogen and oxygen atoms in total. The summed E-state index contributed by atoms with van der Waals surface area (Å²) in [5.41, 5.74) is 0.956. The molecule has 1 aromatic carbocycles. The quantitative estimate of drug-likeness (QED) is 0.646. The lowest BCUT2D eigenvalue weighted by Gasteiger charge is -1.81. The SMILES string of the molecule is O=[C]O.c1ccc2occc2c1. The average Bonchev–Trinajstić information content (AvgIpc) is 2.52. The number of hydrogen-bond donors (Lipinski definition) is 1. The van der Waals surface area contributed by atoms with Crippen molar-refractivity contribution in [1.82, 2.24) is 0 Å². The van der Waals surface area contributed by atoms with Crippen LogP contribution < -0.4 is 0 Å². The Balaban J connectivity index is 0.000000213. The summed E-state index contributed by atoms with van der Waals surface area (Å²) in [5.74, 6) is 0. The summed E-state index contributed by atoms with van der Waals surface area (Å²) >= 11 is 0. The van der Waals surface area contributed by atoms with Gasteiger partial charge in [-0.3, -0.25) is 0 Å². The number of furan rings is 1. The number of fused-ring (bicyclic) bond motifs is 1. The summed E-state index contributed by atoms with van der Waals surface area (Å²) in [6.45, 7) is 0.500. The van der Waals surface area contributed by atoms with Crippen LogP contribution in [0.1, 0.15) is 0 Å². The van der Waals surface area contributed by atoms with Crippen molar-refractivity contribution < 1.29 is 14.3 Å². The molecule has 61 valence electrons. The number of aliphatic hydroxyl groups excluding tert-OH is 1. The predicted octanol–water partition coefficient (Wildman–Crippen LogP) is 2.04. The highest BCUT2D eigenvalue weighted by Crippen LogP contribution is 2.12. The molecule has 0 bridgehead atoms. The van der Waals surface area contributed by atoms with Gasteiger partial charge in [0, 0.05) is 5.39 Å². The summed E-state index contributed by atoms with van der Waals surface area (Å²) in [6, 6.07) is 9.90. The van der Waals surface area contributed by atoms with Crippen LogP contribution in [0.2, 0.25) is 0 Å². The normalized spacial score (nSPS) is 8.67. The third kappa shape index (κ3) is 1.85. The van der Waals surface area contributed by atoms with Crippen LogP contribution in [0, 0.1) is 0 Å². The fourth-order valence-corrected chi connectivity index (χ4v) is 0.906. The Morgan fingerprint density at radius 2 is 1.92 bits per heavy atom. The molecule has 0 aliphatic rings. The molecule has 2 aromatic rings. The minimum absolute atomic E-state index is 0.500. The molecule has 1 heterocycles. The highest BCUT2D eigenvalue weighted by molar-refractivity contribution is 5.76. The van der Waals surface area contributed by atoms with Crippen LogP contribution in [0.3, 0.4) is 0 Å². The minimum Gasteiger partial charge on any atom is -0.473 e. The van der Waals surface area contributed by atoms with Gasteiger partial charge in [0.05, 0.1) is 6.26 Å². The first-order chi connectivity index (χ1) is 5.88. The first-order valence-corrected chi connectivity index (χ1v) is 3.32. The van der Waals surface area contributed by atoms with Gasteiger partial charge >= 0.3 is 6.47 Å². The van der Waals surface area contributed by atoms with Crippen LogP contribution in [0.15, 0.2) is 41.0 Å². The predicted molar refractivity (Wildman–Crippen MR) is 44.5 cm³/mol. The number of benzene rings is 1. The molecule has 0 aliphatic heterocycles. The second kappa shape index (κ2) is 4.18.